The van der Waals surface area contributed by atoms with Crippen LogP contribution in [-0.4, -0.2) is 39.8 Å². The molecule has 1 atom stereocenters. The number of likely N-dealkylation sites (tertiary alicyclic amines) is 1. The Morgan fingerprint density at radius 2 is 2.16 bits per heavy atom. The number of halogens is 1. The molecule has 0 aliphatic carbocycles. The molecule has 2 aromatic rings. The summed E-state index contributed by atoms with van der Waals surface area (Å²) in [6, 6.07) is 7.92. The predicted molar refractivity (Wildman–Crippen MR) is 104 cm³/mol. The van der Waals surface area contributed by atoms with Crippen LogP contribution >= 0.6 is 23.4 Å². The van der Waals surface area contributed by atoms with Crippen molar-refractivity contribution in [2.75, 3.05) is 19.3 Å². The molecule has 134 valence electrons. The summed E-state index contributed by atoms with van der Waals surface area (Å²) in [5.41, 5.74) is 2.90. The Balaban J connectivity index is 1.74. The molecular weight excluding hydrogens is 354 g/mol. The number of aryl methyl sites for hydroxylation is 2. The number of rotatable bonds is 5. The van der Waals surface area contributed by atoms with Crippen molar-refractivity contribution >= 4 is 29.1 Å². The Bertz CT molecular complexity index is 774. The van der Waals surface area contributed by atoms with Crippen LogP contribution in [0, 0.1) is 12.8 Å². The van der Waals surface area contributed by atoms with E-state index in [1.807, 2.05) is 44.5 Å². The van der Waals surface area contributed by atoms with Crippen LogP contribution in [0.15, 0.2) is 29.2 Å². The van der Waals surface area contributed by atoms with Crippen molar-refractivity contribution in [2.24, 2.45) is 13.0 Å². The molecule has 0 amide bonds. The van der Waals surface area contributed by atoms with E-state index in [0.29, 0.717) is 5.15 Å². The fourth-order valence-electron chi connectivity index (χ4n) is 3.56. The van der Waals surface area contributed by atoms with Crippen molar-refractivity contribution in [3.8, 4) is 0 Å². The fourth-order valence-corrected chi connectivity index (χ4v) is 4.40. The lowest BCUT2D eigenvalue weighted by Crippen LogP contribution is -2.38. The van der Waals surface area contributed by atoms with E-state index >= 15 is 0 Å². The third kappa shape index (κ3) is 3.94. The van der Waals surface area contributed by atoms with Crippen LogP contribution in [0.4, 0.5) is 0 Å². The molecule has 4 nitrogen and oxygen atoms in total. The van der Waals surface area contributed by atoms with Crippen molar-refractivity contribution in [3.63, 3.8) is 0 Å². The first-order chi connectivity index (χ1) is 12.0. The Hall–Kier alpha value is -1.30. The first-order valence-electron chi connectivity index (χ1n) is 8.58. The van der Waals surface area contributed by atoms with Gasteiger partial charge < -0.3 is 0 Å². The highest BCUT2D eigenvalue weighted by molar-refractivity contribution is 7.98. The van der Waals surface area contributed by atoms with Crippen molar-refractivity contribution in [1.82, 2.24) is 14.7 Å². The van der Waals surface area contributed by atoms with Gasteiger partial charge in [-0.2, -0.15) is 5.10 Å². The number of Topliss-reactive ketones (excluding diaryl/α,β-unsaturated/α-hetero) is 1. The summed E-state index contributed by atoms with van der Waals surface area (Å²) in [5, 5.41) is 5.08. The number of carbonyl (C=O) groups excluding carboxylic acids is 1. The van der Waals surface area contributed by atoms with Gasteiger partial charge in [-0.25, -0.2) is 0 Å². The van der Waals surface area contributed by atoms with E-state index < -0.39 is 0 Å². The lowest BCUT2D eigenvalue weighted by atomic mass is 9.89. The molecule has 1 unspecified atom stereocenters. The summed E-state index contributed by atoms with van der Waals surface area (Å²) in [6.45, 7) is 4.53. The molecule has 0 N–H and O–H groups in total. The molecule has 1 aliphatic heterocycles. The van der Waals surface area contributed by atoms with E-state index in [9.17, 15) is 4.79 Å². The third-order valence-electron chi connectivity index (χ3n) is 4.90. The largest absolute Gasteiger partial charge is 0.298 e. The molecule has 1 fully saturated rings. The smallest absolute Gasteiger partial charge is 0.168 e. The van der Waals surface area contributed by atoms with Crippen LogP contribution in [0.25, 0.3) is 0 Å². The van der Waals surface area contributed by atoms with Crippen LogP contribution < -0.4 is 0 Å². The van der Waals surface area contributed by atoms with Crippen LogP contribution in [0.5, 0.6) is 0 Å². The van der Waals surface area contributed by atoms with Crippen LogP contribution in [0.2, 0.25) is 5.15 Å². The number of thioether (sulfide) groups is 1. The normalized spacial score (nSPS) is 18.5. The van der Waals surface area contributed by atoms with E-state index in [2.05, 4.69) is 10.00 Å². The number of hydrogen-bond acceptors (Lipinski definition) is 4. The number of ketones is 1. The molecule has 0 radical (unpaired) electrons. The van der Waals surface area contributed by atoms with Gasteiger partial charge in [-0.05, 0) is 38.6 Å². The van der Waals surface area contributed by atoms with Gasteiger partial charge in [0.25, 0.3) is 0 Å². The molecule has 0 saturated carbocycles. The lowest BCUT2D eigenvalue weighted by molar-refractivity contribution is 0.0808. The Labute approximate surface area is 158 Å². The Morgan fingerprint density at radius 1 is 1.40 bits per heavy atom. The van der Waals surface area contributed by atoms with Crippen molar-refractivity contribution in [1.29, 1.82) is 0 Å². The second kappa shape index (κ2) is 7.94. The predicted octanol–water partition coefficient (Wildman–Crippen LogP) is 4.20. The van der Waals surface area contributed by atoms with Crippen molar-refractivity contribution in [2.45, 2.75) is 31.2 Å². The van der Waals surface area contributed by atoms with Crippen LogP contribution in [0.3, 0.4) is 0 Å². The molecule has 1 aliphatic rings. The zero-order valence-electron chi connectivity index (χ0n) is 15.0. The first-order valence-corrected chi connectivity index (χ1v) is 10.2. The first kappa shape index (κ1) is 18.5. The van der Waals surface area contributed by atoms with Gasteiger partial charge in [0.2, 0.25) is 0 Å². The standard InChI is InChI=1S/C19H24ClN3OS/c1-13-16(19(20)22(2)21-13)12-23-10-6-7-14(11-23)18(24)15-8-4-5-9-17(15)25-3/h4-5,8-9,14H,6-7,10-12H2,1-3H3. The van der Waals surface area contributed by atoms with Gasteiger partial charge in [-0.3, -0.25) is 14.4 Å². The summed E-state index contributed by atoms with van der Waals surface area (Å²) in [4.78, 5) is 16.4. The van der Waals surface area contributed by atoms with E-state index in [1.54, 1.807) is 16.4 Å². The van der Waals surface area contributed by atoms with Crippen molar-refractivity contribution in [3.05, 3.63) is 46.2 Å². The highest BCUT2D eigenvalue weighted by atomic mass is 35.5. The second-order valence-corrected chi connectivity index (χ2v) is 7.82. The van der Waals surface area contributed by atoms with Crippen LogP contribution in [-0.2, 0) is 13.6 Å². The van der Waals surface area contributed by atoms with E-state index in [4.69, 9.17) is 11.6 Å². The van der Waals surface area contributed by atoms with Gasteiger partial charge in [-0.15, -0.1) is 11.8 Å². The highest BCUT2D eigenvalue weighted by Gasteiger charge is 2.28. The molecule has 1 saturated heterocycles. The fraction of sp³-hybridized carbons (Fsp3) is 0.474. The van der Waals surface area contributed by atoms with Gasteiger partial charge in [-0.1, -0.05) is 29.8 Å². The van der Waals surface area contributed by atoms with Gasteiger partial charge in [0.1, 0.15) is 5.15 Å². The quantitative estimate of drug-likeness (QED) is 0.578. The molecule has 2 heterocycles. The number of carbonyl (C=O) groups is 1. The lowest BCUT2D eigenvalue weighted by Gasteiger charge is -2.32. The topological polar surface area (TPSA) is 38.1 Å². The number of nitrogens with zero attached hydrogens (tertiary/aromatic N) is 3. The molecule has 25 heavy (non-hydrogen) atoms. The van der Waals surface area contributed by atoms with Crippen LogP contribution in [0.1, 0.15) is 34.5 Å². The molecule has 1 aromatic heterocycles. The van der Waals surface area contributed by atoms with Gasteiger partial charge in [0, 0.05) is 42.1 Å². The van der Waals surface area contributed by atoms with Gasteiger partial charge in [0.05, 0.1) is 5.69 Å². The minimum atomic E-state index is 0.0535. The number of piperidine rings is 1. The summed E-state index contributed by atoms with van der Waals surface area (Å²) < 4.78 is 1.72. The van der Waals surface area contributed by atoms with E-state index in [-0.39, 0.29) is 11.7 Å². The number of hydrogen-bond donors (Lipinski definition) is 0. The van der Waals surface area contributed by atoms with E-state index in [0.717, 1.165) is 54.2 Å². The zero-order valence-corrected chi connectivity index (χ0v) is 16.5. The van der Waals surface area contributed by atoms with Gasteiger partial charge in [0.15, 0.2) is 5.78 Å². The molecular formula is C19H24ClN3OS. The Morgan fingerprint density at radius 3 is 2.84 bits per heavy atom. The zero-order chi connectivity index (χ0) is 18.0. The average molecular weight is 378 g/mol. The summed E-state index contributed by atoms with van der Waals surface area (Å²) in [5.74, 6) is 0.321. The monoisotopic (exact) mass is 377 g/mol. The molecule has 3 rings (SSSR count). The van der Waals surface area contributed by atoms with E-state index in [1.165, 1.54) is 0 Å². The average Bonchev–Trinajstić information content (AvgIpc) is 2.87. The highest BCUT2D eigenvalue weighted by Crippen LogP contribution is 2.28. The Kier molecular flexibility index (Phi) is 5.87. The number of benzene rings is 1. The summed E-state index contributed by atoms with van der Waals surface area (Å²) in [7, 11) is 1.86. The molecule has 6 heteroatoms. The molecule has 0 spiro atoms. The summed E-state index contributed by atoms with van der Waals surface area (Å²) in [6.07, 6.45) is 4.01. The second-order valence-electron chi connectivity index (χ2n) is 6.62. The summed E-state index contributed by atoms with van der Waals surface area (Å²) >= 11 is 8.01. The maximum Gasteiger partial charge on any atom is 0.168 e. The maximum absolute atomic E-state index is 13.0. The molecule has 0 bridgehead atoms. The SMILES string of the molecule is CSc1ccccc1C(=O)C1CCCN(Cc2c(C)nn(C)c2Cl)C1. The van der Waals surface area contributed by atoms with Gasteiger partial charge >= 0.3 is 0 Å². The minimum Gasteiger partial charge on any atom is -0.298 e. The third-order valence-corrected chi connectivity index (χ3v) is 6.17. The maximum atomic E-state index is 13.0. The van der Waals surface area contributed by atoms with Crippen molar-refractivity contribution < 1.29 is 4.79 Å². The molecule has 1 aromatic carbocycles. The number of aromatic nitrogens is 2. The minimum absolute atomic E-state index is 0.0535.